The Kier molecular flexibility index (Phi) is 5.18. The second-order valence-corrected chi connectivity index (χ2v) is 5.89. The van der Waals surface area contributed by atoms with Gasteiger partial charge in [-0.05, 0) is 44.0 Å². The molecule has 0 radical (unpaired) electrons. The maximum atomic E-state index is 12.0. The molecule has 1 aliphatic rings. The molecule has 6 heteroatoms. The van der Waals surface area contributed by atoms with E-state index in [1.165, 1.54) is 0 Å². The molecular formula is C15H18ClN3O2. The van der Waals surface area contributed by atoms with E-state index in [1.54, 1.807) is 30.1 Å². The van der Waals surface area contributed by atoms with E-state index >= 15 is 0 Å². The molecule has 1 unspecified atom stereocenters. The van der Waals surface area contributed by atoms with Crippen LogP contribution < -0.4 is 5.32 Å². The smallest absolute Gasteiger partial charge is 0.238 e. The second-order valence-electron chi connectivity index (χ2n) is 5.45. The molecule has 1 aromatic carbocycles. The molecule has 21 heavy (non-hydrogen) atoms. The van der Waals surface area contributed by atoms with Crippen molar-refractivity contribution in [1.82, 2.24) is 4.90 Å². The lowest BCUT2D eigenvalue weighted by atomic mass is 10.2. The van der Waals surface area contributed by atoms with Crippen molar-refractivity contribution in [1.29, 1.82) is 5.26 Å². The molecule has 1 saturated carbocycles. The highest BCUT2D eigenvalue weighted by Crippen LogP contribution is 2.32. The number of amides is 1. The number of aliphatic hydroxyl groups is 1. The summed E-state index contributed by atoms with van der Waals surface area (Å²) in [7, 11) is 1.79. The molecule has 2 rings (SSSR count). The fraction of sp³-hybridized carbons (Fsp3) is 0.467. The van der Waals surface area contributed by atoms with Crippen LogP contribution in [0.1, 0.15) is 18.4 Å². The van der Waals surface area contributed by atoms with Gasteiger partial charge in [-0.15, -0.1) is 0 Å². The van der Waals surface area contributed by atoms with E-state index < -0.39 is 0 Å². The van der Waals surface area contributed by atoms with Crippen LogP contribution in [0.4, 0.5) is 5.69 Å². The Labute approximate surface area is 129 Å². The summed E-state index contributed by atoms with van der Waals surface area (Å²) in [6, 6.07) is 6.74. The highest BCUT2D eigenvalue weighted by molar-refractivity contribution is 6.31. The summed E-state index contributed by atoms with van der Waals surface area (Å²) >= 11 is 5.87. The first-order chi connectivity index (χ1) is 9.99. The van der Waals surface area contributed by atoms with Gasteiger partial charge in [-0.3, -0.25) is 9.69 Å². The Hall–Kier alpha value is -1.61. The average molecular weight is 308 g/mol. The third-order valence-corrected chi connectivity index (χ3v) is 3.69. The van der Waals surface area contributed by atoms with Crippen molar-refractivity contribution in [2.75, 3.05) is 25.5 Å². The summed E-state index contributed by atoms with van der Waals surface area (Å²) < 4.78 is 0. The Morgan fingerprint density at radius 3 is 2.95 bits per heavy atom. The maximum absolute atomic E-state index is 12.0. The number of hydrogen-bond acceptors (Lipinski definition) is 4. The molecule has 112 valence electrons. The minimum atomic E-state index is -0.372. The van der Waals surface area contributed by atoms with Crippen molar-refractivity contribution in [2.45, 2.75) is 18.9 Å². The van der Waals surface area contributed by atoms with Crippen molar-refractivity contribution in [3.05, 3.63) is 28.8 Å². The van der Waals surface area contributed by atoms with Crippen LogP contribution in [-0.4, -0.2) is 42.2 Å². The molecule has 0 bridgehead atoms. The Morgan fingerprint density at radius 1 is 1.62 bits per heavy atom. The molecule has 0 aromatic heterocycles. The number of nitrogens with zero attached hydrogens (tertiary/aromatic N) is 2. The van der Waals surface area contributed by atoms with Gasteiger partial charge in [0.2, 0.25) is 5.91 Å². The molecule has 0 saturated heterocycles. The molecule has 1 amide bonds. The Bertz CT molecular complexity index is 567. The third kappa shape index (κ3) is 4.71. The van der Waals surface area contributed by atoms with E-state index in [0.717, 1.165) is 12.8 Å². The molecule has 0 aliphatic heterocycles. The van der Waals surface area contributed by atoms with Crippen molar-refractivity contribution < 1.29 is 9.90 Å². The summed E-state index contributed by atoms with van der Waals surface area (Å²) in [4.78, 5) is 13.8. The van der Waals surface area contributed by atoms with Crippen LogP contribution in [0.3, 0.4) is 0 Å². The number of nitriles is 1. The molecule has 1 atom stereocenters. The number of nitrogens with one attached hydrogen (secondary N) is 1. The minimum Gasteiger partial charge on any atom is -0.392 e. The van der Waals surface area contributed by atoms with Crippen LogP contribution in [0.2, 0.25) is 5.02 Å². The third-order valence-electron chi connectivity index (χ3n) is 3.45. The first-order valence-corrected chi connectivity index (χ1v) is 7.23. The van der Waals surface area contributed by atoms with Gasteiger partial charge in [0.25, 0.3) is 0 Å². The number of rotatable bonds is 6. The summed E-state index contributed by atoms with van der Waals surface area (Å²) in [6.45, 7) is 0.625. The number of carbonyl (C=O) groups is 1. The predicted octanol–water partition coefficient (Wildman–Crippen LogP) is 1.85. The Balaban J connectivity index is 1.89. The highest BCUT2D eigenvalue weighted by Gasteiger charge is 2.30. The van der Waals surface area contributed by atoms with Crippen molar-refractivity contribution in [3.8, 4) is 6.07 Å². The van der Waals surface area contributed by atoms with E-state index in [-0.39, 0.29) is 18.6 Å². The topological polar surface area (TPSA) is 76.4 Å². The van der Waals surface area contributed by atoms with Crippen molar-refractivity contribution in [2.24, 2.45) is 5.92 Å². The quantitative estimate of drug-likeness (QED) is 0.841. The molecule has 1 aromatic rings. The number of carbonyl (C=O) groups excluding carboxylic acids is 1. The second kappa shape index (κ2) is 6.90. The summed E-state index contributed by atoms with van der Waals surface area (Å²) in [5.74, 6) is 0.146. The monoisotopic (exact) mass is 307 g/mol. The predicted molar refractivity (Wildman–Crippen MR) is 81.0 cm³/mol. The highest BCUT2D eigenvalue weighted by atomic mass is 35.5. The van der Waals surface area contributed by atoms with Gasteiger partial charge < -0.3 is 10.4 Å². The zero-order valence-electron chi connectivity index (χ0n) is 11.8. The van der Waals surface area contributed by atoms with Gasteiger partial charge in [-0.1, -0.05) is 11.6 Å². The number of aliphatic hydroxyl groups excluding tert-OH is 1. The van der Waals surface area contributed by atoms with Crippen LogP contribution >= 0.6 is 11.6 Å². The number of benzene rings is 1. The van der Waals surface area contributed by atoms with E-state index in [1.807, 2.05) is 6.07 Å². The summed E-state index contributed by atoms with van der Waals surface area (Å²) in [5, 5.41) is 22.0. The Morgan fingerprint density at radius 2 is 2.33 bits per heavy atom. The fourth-order valence-corrected chi connectivity index (χ4v) is 2.34. The minimum absolute atomic E-state index is 0.154. The first-order valence-electron chi connectivity index (χ1n) is 6.85. The van der Waals surface area contributed by atoms with Gasteiger partial charge in [-0.25, -0.2) is 0 Å². The zero-order chi connectivity index (χ0) is 15.4. The van der Waals surface area contributed by atoms with Crippen molar-refractivity contribution in [3.63, 3.8) is 0 Å². The van der Waals surface area contributed by atoms with Gasteiger partial charge in [0.15, 0.2) is 0 Å². The summed E-state index contributed by atoms with van der Waals surface area (Å²) in [5.41, 5.74) is 0.777. The van der Waals surface area contributed by atoms with E-state index in [2.05, 4.69) is 5.32 Å². The van der Waals surface area contributed by atoms with E-state index in [0.29, 0.717) is 28.7 Å². The SMILES string of the molecule is CN(CC(=O)Nc1cc(Cl)ccc1C#N)CC(O)C1CC1. The van der Waals surface area contributed by atoms with Gasteiger partial charge >= 0.3 is 0 Å². The summed E-state index contributed by atoms with van der Waals surface area (Å²) in [6.07, 6.45) is 1.76. The lowest BCUT2D eigenvalue weighted by Crippen LogP contribution is -2.36. The molecule has 2 N–H and O–H groups in total. The van der Waals surface area contributed by atoms with Crippen LogP contribution in [0.15, 0.2) is 18.2 Å². The number of anilines is 1. The zero-order valence-corrected chi connectivity index (χ0v) is 12.6. The van der Waals surface area contributed by atoms with Gasteiger partial charge in [0.1, 0.15) is 6.07 Å². The van der Waals surface area contributed by atoms with E-state index in [4.69, 9.17) is 16.9 Å². The van der Waals surface area contributed by atoms with Gasteiger partial charge in [-0.2, -0.15) is 5.26 Å². The largest absolute Gasteiger partial charge is 0.392 e. The van der Waals surface area contributed by atoms with Crippen LogP contribution in [0, 0.1) is 17.2 Å². The first kappa shape index (κ1) is 15.8. The lowest BCUT2D eigenvalue weighted by Gasteiger charge is -2.20. The number of hydrogen-bond donors (Lipinski definition) is 2. The van der Waals surface area contributed by atoms with Gasteiger partial charge in [0, 0.05) is 11.6 Å². The fourth-order valence-electron chi connectivity index (χ4n) is 2.17. The van der Waals surface area contributed by atoms with Crippen LogP contribution in [0.25, 0.3) is 0 Å². The van der Waals surface area contributed by atoms with Crippen molar-refractivity contribution >= 4 is 23.2 Å². The maximum Gasteiger partial charge on any atom is 0.238 e. The normalized spacial score (nSPS) is 15.6. The molecule has 1 aliphatic carbocycles. The average Bonchev–Trinajstić information content (AvgIpc) is 3.22. The van der Waals surface area contributed by atoms with Crippen LogP contribution in [0.5, 0.6) is 0 Å². The van der Waals surface area contributed by atoms with E-state index in [9.17, 15) is 9.90 Å². The molecule has 1 fully saturated rings. The molecule has 5 nitrogen and oxygen atoms in total. The molecular weight excluding hydrogens is 290 g/mol. The lowest BCUT2D eigenvalue weighted by molar-refractivity contribution is -0.117. The van der Waals surface area contributed by atoms with Crippen LogP contribution in [-0.2, 0) is 4.79 Å². The number of likely N-dealkylation sites (N-methyl/N-ethyl adjacent to an activating group) is 1. The van der Waals surface area contributed by atoms with Gasteiger partial charge in [0.05, 0.1) is 23.9 Å². The molecule has 0 spiro atoms. The molecule has 0 heterocycles. The number of halogens is 1. The standard InChI is InChI=1S/C15H18ClN3O2/c1-19(8-14(20)10-2-3-10)9-15(21)18-13-6-12(16)5-4-11(13)7-17/h4-6,10,14,20H,2-3,8-9H2,1H3,(H,18,21).